The number of hydrogen-bond acceptors (Lipinski definition) is 4. The first-order valence-electron chi connectivity index (χ1n) is 5.88. The number of nitrogens with zero attached hydrogens (tertiary/aromatic N) is 1. The standard InChI is InChI=1S/C13H18N2O4/c1-9-7-10(15(17)18)5-6-11(9)19-8-12(16)14-13(2,3)4/h5-7H,8H2,1-4H3,(H,14,16). The molecule has 0 aromatic heterocycles. The molecule has 19 heavy (non-hydrogen) atoms. The molecule has 1 aromatic carbocycles. The minimum absolute atomic E-state index is 0.00370. The Morgan fingerprint density at radius 1 is 1.42 bits per heavy atom. The minimum atomic E-state index is -0.469. The minimum Gasteiger partial charge on any atom is -0.483 e. The fourth-order valence-electron chi connectivity index (χ4n) is 1.51. The number of nitro groups is 1. The van der Waals surface area contributed by atoms with E-state index in [9.17, 15) is 14.9 Å². The summed E-state index contributed by atoms with van der Waals surface area (Å²) in [5.41, 5.74) is 0.312. The van der Waals surface area contributed by atoms with Crippen molar-refractivity contribution in [3.8, 4) is 5.75 Å². The van der Waals surface area contributed by atoms with E-state index in [1.807, 2.05) is 20.8 Å². The van der Waals surface area contributed by atoms with Gasteiger partial charge in [-0.2, -0.15) is 0 Å². The van der Waals surface area contributed by atoms with Gasteiger partial charge in [0.15, 0.2) is 6.61 Å². The molecule has 104 valence electrons. The topological polar surface area (TPSA) is 81.5 Å². The number of nitro benzene ring substituents is 1. The van der Waals surface area contributed by atoms with Crippen molar-refractivity contribution in [3.63, 3.8) is 0 Å². The van der Waals surface area contributed by atoms with Crippen LogP contribution in [0.15, 0.2) is 18.2 Å². The van der Waals surface area contributed by atoms with Crippen molar-refractivity contribution < 1.29 is 14.5 Å². The highest BCUT2D eigenvalue weighted by atomic mass is 16.6. The number of carbonyl (C=O) groups excluding carboxylic acids is 1. The maximum atomic E-state index is 11.6. The highest BCUT2D eigenvalue weighted by molar-refractivity contribution is 5.78. The average molecular weight is 266 g/mol. The van der Waals surface area contributed by atoms with E-state index >= 15 is 0 Å². The highest BCUT2D eigenvalue weighted by Crippen LogP contribution is 2.23. The van der Waals surface area contributed by atoms with E-state index in [4.69, 9.17) is 4.74 Å². The van der Waals surface area contributed by atoms with E-state index in [0.29, 0.717) is 11.3 Å². The lowest BCUT2D eigenvalue weighted by Crippen LogP contribution is -2.43. The smallest absolute Gasteiger partial charge is 0.269 e. The number of nitrogens with one attached hydrogen (secondary N) is 1. The predicted octanol–water partition coefficient (Wildman–Crippen LogP) is 2.20. The summed E-state index contributed by atoms with van der Waals surface area (Å²) in [6.07, 6.45) is 0. The Balaban J connectivity index is 2.64. The van der Waals surface area contributed by atoms with E-state index in [2.05, 4.69) is 5.32 Å². The van der Waals surface area contributed by atoms with Gasteiger partial charge in [-0.1, -0.05) is 0 Å². The molecule has 0 bridgehead atoms. The van der Waals surface area contributed by atoms with Crippen LogP contribution in [0.5, 0.6) is 5.75 Å². The Labute approximate surface area is 111 Å². The van der Waals surface area contributed by atoms with Gasteiger partial charge in [0.2, 0.25) is 0 Å². The molecule has 6 heteroatoms. The van der Waals surface area contributed by atoms with Crippen LogP contribution in [0.25, 0.3) is 0 Å². The van der Waals surface area contributed by atoms with E-state index in [-0.39, 0.29) is 23.7 Å². The number of hydrogen-bond donors (Lipinski definition) is 1. The van der Waals surface area contributed by atoms with Crippen LogP contribution in [0.3, 0.4) is 0 Å². The first-order chi connectivity index (χ1) is 8.69. The lowest BCUT2D eigenvalue weighted by Gasteiger charge is -2.20. The van der Waals surface area contributed by atoms with Crippen LogP contribution < -0.4 is 10.1 Å². The number of amides is 1. The Hall–Kier alpha value is -2.11. The van der Waals surface area contributed by atoms with E-state index in [1.165, 1.54) is 18.2 Å². The zero-order valence-corrected chi connectivity index (χ0v) is 11.5. The number of non-ortho nitro benzene ring substituents is 1. The maximum absolute atomic E-state index is 11.6. The van der Waals surface area contributed by atoms with Gasteiger partial charge in [-0.3, -0.25) is 14.9 Å². The average Bonchev–Trinajstić information content (AvgIpc) is 2.24. The molecule has 0 radical (unpaired) electrons. The second kappa shape index (κ2) is 5.69. The van der Waals surface area contributed by atoms with Crippen LogP contribution in [-0.4, -0.2) is 23.0 Å². The van der Waals surface area contributed by atoms with Crippen molar-refractivity contribution in [3.05, 3.63) is 33.9 Å². The number of benzene rings is 1. The monoisotopic (exact) mass is 266 g/mol. The fraction of sp³-hybridized carbons (Fsp3) is 0.462. The number of aryl methyl sites for hydroxylation is 1. The quantitative estimate of drug-likeness (QED) is 0.669. The molecule has 1 N–H and O–H groups in total. The molecule has 0 aliphatic heterocycles. The van der Waals surface area contributed by atoms with Crippen LogP contribution in [0, 0.1) is 17.0 Å². The van der Waals surface area contributed by atoms with Crippen molar-refractivity contribution in [2.24, 2.45) is 0 Å². The zero-order valence-electron chi connectivity index (χ0n) is 11.5. The van der Waals surface area contributed by atoms with Crippen molar-refractivity contribution in [1.82, 2.24) is 5.32 Å². The maximum Gasteiger partial charge on any atom is 0.269 e. The molecular weight excluding hydrogens is 248 g/mol. The molecule has 1 aromatic rings. The molecule has 0 fully saturated rings. The van der Waals surface area contributed by atoms with Gasteiger partial charge in [0, 0.05) is 17.7 Å². The van der Waals surface area contributed by atoms with Crippen LogP contribution in [0.1, 0.15) is 26.3 Å². The molecule has 0 heterocycles. The van der Waals surface area contributed by atoms with Gasteiger partial charge in [0.25, 0.3) is 11.6 Å². The summed E-state index contributed by atoms with van der Waals surface area (Å²) in [4.78, 5) is 21.7. The fourth-order valence-corrected chi connectivity index (χ4v) is 1.51. The molecule has 0 saturated heterocycles. The molecular formula is C13H18N2O4. The van der Waals surface area contributed by atoms with Gasteiger partial charge in [0.05, 0.1) is 4.92 Å². The molecule has 6 nitrogen and oxygen atoms in total. The molecule has 0 spiro atoms. The molecule has 1 amide bonds. The summed E-state index contributed by atoms with van der Waals surface area (Å²) < 4.78 is 5.34. The van der Waals surface area contributed by atoms with Crippen molar-refractivity contribution >= 4 is 11.6 Å². The number of rotatable bonds is 4. The van der Waals surface area contributed by atoms with Crippen molar-refractivity contribution in [2.75, 3.05) is 6.61 Å². The Morgan fingerprint density at radius 2 is 2.05 bits per heavy atom. The second-order valence-electron chi connectivity index (χ2n) is 5.29. The van der Waals surface area contributed by atoms with Crippen molar-refractivity contribution in [2.45, 2.75) is 33.2 Å². The predicted molar refractivity (Wildman–Crippen MR) is 71.2 cm³/mol. The third kappa shape index (κ3) is 4.95. The third-order valence-electron chi connectivity index (χ3n) is 2.24. The summed E-state index contributed by atoms with van der Waals surface area (Å²) in [5.74, 6) is 0.236. The summed E-state index contributed by atoms with van der Waals surface area (Å²) in [6, 6.07) is 4.26. The van der Waals surface area contributed by atoms with Gasteiger partial charge in [-0.15, -0.1) is 0 Å². The summed E-state index contributed by atoms with van der Waals surface area (Å²) in [7, 11) is 0. The first kappa shape index (κ1) is 14.9. The second-order valence-corrected chi connectivity index (χ2v) is 5.29. The Morgan fingerprint density at radius 3 is 2.53 bits per heavy atom. The molecule has 1 rings (SSSR count). The lowest BCUT2D eigenvalue weighted by molar-refractivity contribution is -0.384. The van der Waals surface area contributed by atoms with Crippen molar-refractivity contribution in [1.29, 1.82) is 0 Å². The van der Waals surface area contributed by atoms with Gasteiger partial charge in [0.1, 0.15) is 5.75 Å². The van der Waals surface area contributed by atoms with E-state index < -0.39 is 4.92 Å². The van der Waals surface area contributed by atoms with Gasteiger partial charge < -0.3 is 10.1 Å². The largest absolute Gasteiger partial charge is 0.483 e. The third-order valence-corrected chi connectivity index (χ3v) is 2.24. The summed E-state index contributed by atoms with van der Waals surface area (Å²) in [6.45, 7) is 7.21. The molecule has 0 atom stereocenters. The van der Waals surface area contributed by atoms with Crippen LogP contribution in [0.2, 0.25) is 0 Å². The molecule has 0 saturated carbocycles. The van der Waals surface area contributed by atoms with E-state index in [1.54, 1.807) is 6.92 Å². The molecule has 0 aliphatic rings. The van der Waals surface area contributed by atoms with Gasteiger partial charge >= 0.3 is 0 Å². The Kier molecular flexibility index (Phi) is 4.47. The van der Waals surface area contributed by atoms with Gasteiger partial charge in [-0.25, -0.2) is 0 Å². The van der Waals surface area contributed by atoms with Crippen LogP contribution in [0.4, 0.5) is 5.69 Å². The number of carbonyl (C=O) groups is 1. The van der Waals surface area contributed by atoms with Crippen LogP contribution >= 0.6 is 0 Å². The Bertz CT molecular complexity index is 492. The zero-order chi connectivity index (χ0) is 14.6. The normalized spacial score (nSPS) is 10.9. The lowest BCUT2D eigenvalue weighted by atomic mass is 10.1. The van der Waals surface area contributed by atoms with Crippen LogP contribution in [-0.2, 0) is 4.79 Å². The van der Waals surface area contributed by atoms with Gasteiger partial charge in [-0.05, 0) is 39.3 Å². The SMILES string of the molecule is Cc1cc([N+](=O)[O-])ccc1OCC(=O)NC(C)(C)C. The molecule has 0 aliphatic carbocycles. The highest BCUT2D eigenvalue weighted by Gasteiger charge is 2.15. The summed E-state index contributed by atoms with van der Waals surface area (Å²) >= 11 is 0. The number of ether oxygens (including phenoxy) is 1. The first-order valence-corrected chi connectivity index (χ1v) is 5.88. The van der Waals surface area contributed by atoms with E-state index in [0.717, 1.165) is 0 Å². The summed E-state index contributed by atoms with van der Waals surface area (Å²) in [5, 5.41) is 13.4. The molecule has 0 unspecified atom stereocenters.